The largest absolute Gasteiger partial charge is 0.490 e. The summed E-state index contributed by atoms with van der Waals surface area (Å²) in [6.45, 7) is 1.63. The van der Waals surface area contributed by atoms with Crippen LogP contribution < -0.4 is 0 Å². The number of benzene rings is 1. The number of aromatic nitrogens is 2. The lowest BCUT2D eigenvalue weighted by molar-refractivity contribution is -0.193. The highest BCUT2D eigenvalue weighted by Crippen LogP contribution is 2.26. The van der Waals surface area contributed by atoms with Crippen LogP contribution in [0.25, 0.3) is 0 Å². The number of likely N-dealkylation sites (tertiary alicyclic amines) is 1. The van der Waals surface area contributed by atoms with E-state index in [9.17, 15) is 35.5 Å². The van der Waals surface area contributed by atoms with Crippen molar-refractivity contribution < 1.29 is 60.1 Å². The van der Waals surface area contributed by atoms with Crippen molar-refractivity contribution in [2.24, 2.45) is 5.92 Å². The highest BCUT2D eigenvalue weighted by Gasteiger charge is 2.39. The van der Waals surface area contributed by atoms with E-state index < -0.39 is 30.2 Å². The molecule has 44 heavy (non-hydrogen) atoms. The molecule has 1 aromatic carbocycles. The van der Waals surface area contributed by atoms with Gasteiger partial charge in [-0.2, -0.15) is 30.7 Å². The fraction of sp³-hybridized carbons (Fsp3) is 0.321. The molecule has 1 fully saturated rings. The van der Waals surface area contributed by atoms with Gasteiger partial charge in [-0.05, 0) is 36.1 Å². The Hall–Kier alpha value is -4.60. The van der Waals surface area contributed by atoms with Crippen LogP contribution in [0.4, 0.5) is 30.7 Å². The van der Waals surface area contributed by atoms with E-state index in [1.165, 1.54) is 17.8 Å². The molecule has 2 N–H and O–H groups in total. The van der Waals surface area contributed by atoms with E-state index in [-0.39, 0.29) is 17.9 Å². The quantitative estimate of drug-likeness (QED) is 0.281. The molecule has 3 heterocycles. The molecule has 2 aromatic heterocycles. The van der Waals surface area contributed by atoms with E-state index in [0.29, 0.717) is 25.3 Å². The number of carbonyl (C=O) groups excluding carboxylic acids is 1. The minimum absolute atomic E-state index is 0.0311. The minimum Gasteiger partial charge on any atom is -0.475 e. The molecule has 0 radical (unpaired) electrons. The first-order chi connectivity index (χ1) is 20.6. The Morgan fingerprint density at radius 3 is 2.00 bits per heavy atom. The number of carboxylic acids is 2. The summed E-state index contributed by atoms with van der Waals surface area (Å²) in [5.41, 5.74) is 2.57. The van der Waals surface area contributed by atoms with Gasteiger partial charge in [-0.1, -0.05) is 36.4 Å². The fourth-order valence-electron chi connectivity index (χ4n) is 3.93. The van der Waals surface area contributed by atoms with Crippen molar-refractivity contribution in [2.45, 2.75) is 37.9 Å². The number of halogens is 7. The standard InChI is InChI=1S/C24H24FN3O2.2C2HF3O2/c25-23-14-20(8-11-27-23)24(29)28-12-9-22(30-17-19-7-4-10-26-15-19)21(16-28)13-18-5-2-1-3-6-18;2*3-2(4,5)1(6)7/h1-8,10-11,14-15,21-22H,9,12-13,16-17H2;2*(H,6,7)/t21-,22-;;/m1../s1. The lowest BCUT2D eigenvalue weighted by Crippen LogP contribution is -2.47. The number of aliphatic carboxylic acids is 2. The van der Waals surface area contributed by atoms with Crippen molar-refractivity contribution in [1.82, 2.24) is 14.9 Å². The van der Waals surface area contributed by atoms with Crippen LogP contribution in [0.5, 0.6) is 0 Å². The maximum atomic E-state index is 13.5. The van der Waals surface area contributed by atoms with Gasteiger partial charge in [0.2, 0.25) is 5.95 Å². The molecule has 4 rings (SSSR count). The SMILES string of the molecule is O=C(O)C(F)(F)F.O=C(O)C(F)(F)F.O=C(c1ccnc(F)c1)N1CC[C@@H](OCc2cccnc2)[C@H](Cc2ccccc2)C1. The molecule has 0 saturated carbocycles. The van der Waals surface area contributed by atoms with Gasteiger partial charge < -0.3 is 19.8 Å². The average molecular weight is 634 g/mol. The number of rotatable bonds is 6. The lowest BCUT2D eigenvalue weighted by Gasteiger charge is -2.38. The number of nitrogens with zero attached hydrogens (tertiary/aromatic N) is 3. The molecule has 0 spiro atoms. The van der Waals surface area contributed by atoms with Crippen molar-refractivity contribution in [3.8, 4) is 0 Å². The number of alkyl halides is 6. The van der Waals surface area contributed by atoms with Gasteiger partial charge in [0, 0.05) is 49.2 Å². The number of piperidine rings is 1. The highest BCUT2D eigenvalue weighted by molar-refractivity contribution is 5.94. The molecule has 1 aliphatic heterocycles. The van der Waals surface area contributed by atoms with E-state index in [0.717, 1.165) is 18.4 Å². The van der Waals surface area contributed by atoms with Crippen molar-refractivity contribution in [1.29, 1.82) is 0 Å². The molecule has 1 saturated heterocycles. The van der Waals surface area contributed by atoms with E-state index in [2.05, 4.69) is 22.1 Å². The summed E-state index contributed by atoms with van der Waals surface area (Å²) in [7, 11) is 0. The number of pyridine rings is 2. The van der Waals surface area contributed by atoms with Gasteiger partial charge in [-0.15, -0.1) is 0 Å². The molecular formula is C28H26F7N3O6. The average Bonchev–Trinajstić information content (AvgIpc) is 2.97. The Kier molecular flexibility index (Phi) is 13.2. The van der Waals surface area contributed by atoms with Gasteiger partial charge >= 0.3 is 24.3 Å². The third-order valence-corrected chi connectivity index (χ3v) is 5.94. The van der Waals surface area contributed by atoms with Gasteiger partial charge in [-0.3, -0.25) is 9.78 Å². The predicted molar refractivity (Wildman–Crippen MR) is 139 cm³/mol. The molecule has 9 nitrogen and oxygen atoms in total. The number of hydrogen-bond donors (Lipinski definition) is 2. The minimum atomic E-state index is -5.08. The summed E-state index contributed by atoms with van der Waals surface area (Å²) in [5.74, 6) is -6.18. The van der Waals surface area contributed by atoms with E-state index >= 15 is 0 Å². The Labute approximate surface area is 245 Å². The summed E-state index contributed by atoms with van der Waals surface area (Å²) in [5, 5.41) is 14.2. The molecule has 0 bridgehead atoms. The Bertz CT molecular complexity index is 1340. The Morgan fingerprint density at radius 1 is 0.886 bits per heavy atom. The zero-order valence-corrected chi connectivity index (χ0v) is 22.6. The highest BCUT2D eigenvalue weighted by atomic mass is 19.4. The first-order valence-corrected chi connectivity index (χ1v) is 12.6. The smallest absolute Gasteiger partial charge is 0.475 e. The number of hydrogen-bond acceptors (Lipinski definition) is 6. The van der Waals surface area contributed by atoms with Crippen LogP contribution in [0, 0.1) is 11.9 Å². The summed E-state index contributed by atoms with van der Waals surface area (Å²) in [4.78, 5) is 40.2. The van der Waals surface area contributed by atoms with Gasteiger partial charge in [0.15, 0.2) is 0 Å². The Balaban J connectivity index is 0.000000402. The summed E-state index contributed by atoms with van der Waals surface area (Å²) in [6, 6.07) is 16.9. The van der Waals surface area contributed by atoms with Crippen LogP contribution in [0.3, 0.4) is 0 Å². The third kappa shape index (κ3) is 12.3. The molecule has 1 amide bonds. The van der Waals surface area contributed by atoms with Crippen molar-refractivity contribution >= 4 is 17.8 Å². The molecule has 2 atom stereocenters. The van der Waals surface area contributed by atoms with Crippen molar-refractivity contribution in [2.75, 3.05) is 13.1 Å². The van der Waals surface area contributed by atoms with Gasteiger partial charge in [0.05, 0.1) is 12.7 Å². The second kappa shape index (κ2) is 16.3. The van der Waals surface area contributed by atoms with Crippen LogP contribution in [0.1, 0.15) is 27.9 Å². The molecule has 3 aromatic rings. The van der Waals surface area contributed by atoms with Gasteiger partial charge in [0.1, 0.15) is 0 Å². The molecular weight excluding hydrogens is 607 g/mol. The van der Waals surface area contributed by atoms with Crippen LogP contribution in [0.15, 0.2) is 73.2 Å². The molecule has 1 aliphatic rings. The number of carbonyl (C=O) groups is 3. The number of carboxylic acid groups (broad SMARTS) is 2. The first kappa shape index (κ1) is 35.6. The monoisotopic (exact) mass is 633 g/mol. The maximum Gasteiger partial charge on any atom is 0.490 e. The lowest BCUT2D eigenvalue weighted by atomic mass is 9.88. The second-order valence-electron chi connectivity index (χ2n) is 9.17. The van der Waals surface area contributed by atoms with Crippen LogP contribution in [-0.2, 0) is 27.4 Å². The van der Waals surface area contributed by atoms with Crippen LogP contribution in [-0.4, -0.2) is 74.5 Å². The second-order valence-corrected chi connectivity index (χ2v) is 9.17. The molecule has 0 unspecified atom stereocenters. The van der Waals surface area contributed by atoms with Gasteiger partial charge in [-0.25, -0.2) is 14.6 Å². The molecule has 238 valence electrons. The van der Waals surface area contributed by atoms with Gasteiger partial charge in [0.25, 0.3) is 5.91 Å². The third-order valence-electron chi connectivity index (χ3n) is 5.94. The Morgan fingerprint density at radius 2 is 1.48 bits per heavy atom. The van der Waals surface area contributed by atoms with E-state index in [1.807, 2.05) is 36.5 Å². The summed E-state index contributed by atoms with van der Waals surface area (Å²) in [6.07, 6.45) is -3.71. The molecule has 0 aliphatic carbocycles. The molecule has 16 heteroatoms. The zero-order chi connectivity index (χ0) is 32.9. The normalized spacial score (nSPS) is 16.5. The van der Waals surface area contributed by atoms with Crippen LogP contribution in [0.2, 0.25) is 0 Å². The summed E-state index contributed by atoms with van der Waals surface area (Å²) >= 11 is 0. The number of ether oxygens (including phenoxy) is 1. The fourth-order valence-corrected chi connectivity index (χ4v) is 3.93. The first-order valence-electron chi connectivity index (χ1n) is 12.6. The van der Waals surface area contributed by atoms with E-state index in [1.54, 1.807) is 17.2 Å². The van der Waals surface area contributed by atoms with Crippen molar-refractivity contribution in [3.63, 3.8) is 0 Å². The number of amides is 1. The summed E-state index contributed by atoms with van der Waals surface area (Å²) < 4.78 is 83.2. The zero-order valence-electron chi connectivity index (χ0n) is 22.6. The maximum absolute atomic E-state index is 13.5. The van der Waals surface area contributed by atoms with Crippen LogP contribution >= 0.6 is 0 Å². The van der Waals surface area contributed by atoms with E-state index in [4.69, 9.17) is 24.5 Å². The topological polar surface area (TPSA) is 130 Å². The van der Waals surface area contributed by atoms with Crippen molar-refractivity contribution in [3.05, 3.63) is 95.8 Å². The predicted octanol–water partition coefficient (Wildman–Crippen LogP) is 5.17.